The standard InChI is InChI=1S/C16H15NO4S/c1-4-8-21-12-7-6-11(9-13(12)20-3)10-14-15(18)17(5-2)16(19)22-14/h1,6-7,9-10H,5,8H2,2-3H3/b14-10-. The van der Waals surface area contributed by atoms with Crippen molar-refractivity contribution in [3.63, 3.8) is 0 Å². The van der Waals surface area contributed by atoms with Gasteiger partial charge in [0.15, 0.2) is 11.5 Å². The molecule has 114 valence electrons. The van der Waals surface area contributed by atoms with Crippen molar-refractivity contribution in [1.29, 1.82) is 0 Å². The van der Waals surface area contributed by atoms with E-state index in [0.717, 1.165) is 17.3 Å². The van der Waals surface area contributed by atoms with Crippen molar-refractivity contribution in [3.8, 4) is 23.8 Å². The van der Waals surface area contributed by atoms with Crippen molar-refractivity contribution in [2.75, 3.05) is 20.3 Å². The van der Waals surface area contributed by atoms with Gasteiger partial charge in [-0.25, -0.2) is 0 Å². The Balaban J connectivity index is 2.27. The Kier molecular flexibility index (Phi) is 5.12. The second-order valence-electron chi connectivity index (χ2n) is 4.33. The molecule has 5 nitrogen and oxygen atoms in total. The summed E-state index contributed by atoms with van der Waals surface area (Å²) in [5, 5.41) is -0.250. The number of benzene rings is 1. The molecule has 1 aliphatic heterocycles. The number of hydrogen-bond donors (Lipinski definition) is 0. The molecule has 1 aromatic rings. The molecule has 1 aromatic carbocycles. The molecule has 6 heteroatoms. The maximum absolute atomic E-state index is 12.1. The first-order valence-electron chi connectivity index (χ1n) is 6.60. The van der Waals surface area contributed by atoms with Crippen molar-refractivity contribution < 1.29 is 19.1 Å². The third kappa shape index (κ3) is 3.26. The van der Waals surface area contributed by atoms with Crippen LogP contribution in [0.2, 0.25) is 0 Å². The van der Waals surface area contributed by atoms with Crippen LogP contribution >= 0.6 is 11.8 Å². The minimum atomic E-state index is -0.274. The van der Waals surface area contributed by atoms with E-state index >= 15 is 0 Å². The first-order chi connectivity index (χ1) is 10.6. The van der Waals surface area contributed by atoms with Crippen LogP contribution in [0.4, 0.5) is 4.79 Å². The predicted molar refractivity (Wildman–Crippen MR) is 85.7 cm³/mol. The topological polar surface area (TPSA) is 55.8 Å². The van der Waals surface area contributed by atoms with Crippen LogP contribution < -0.4 is 9.47 Å². The molecule has 0 bridgehead atoms. The second-order valence-corrected chi connectivity index (χ2v) is 5.32. The molecular weight excluding hydrogens is 302 g/mol. The van der Waals surface area contributed by atoms with Gasteiger partial charge in [0.1, 0.15) is 6.61 Å². The molecule has 1 fully saturated rings. The Morgan fingerprint density at radius 1 is 1.36 bits per heavy atom. The van der Waals surface area contributed by atoms with Gasteiger partial charge in [0, 0.05) is 6.54 Å². The van der Waals surface area contributed by atoms with Crippen molar-refractivity contribution in [3.05, 3.63) is 28.7 Å². The Morgan fingerprint density at radius 3 is 2.73 bits per heavy atom. The fourth-order valence-electron chi connectivity index (χ4n) is 1.94. The Hall–Kier alpha value is -2.39. The Morgan fingerprint density at radius 2 is 2.14 bits per heavy atom. The largest absolute Gasteiger partial charge is 0.493 e. The van der Waals surface area contributed by atoms with E-state index in [9.17, 15) is 9.59 Å². The van der Waals surface area contributed by atoms with Crippen molar-refractivity contribution in [1.82, 2.24) is 4.90 Å². The minimum absolute atomic E-state index is 0.144. The summed E-state index contributed by atoms with van der Waals surface area (Å²) in [5.41, 5.74) is 0.742. The highest BCUT2D eigenvalue weighted by Gasteiger charge is 2.33. The van der Waals surface area contributed by atoms with Crippen LogP contribution in [0, 0.1) is 12.3 Å². The van der Waals surface area contributed by atoms with Gasteiger partial charge in [0.05, 0.1) is 12.0 Å². The molecule has 2 rings (SSSR count). The lowest BCUT2D eigenvalue weighted by atomic mass is 10.2. The number of rotatable bonds is 5. The van der Waals surface area contributed by atoms with Gasteiger partial charge in [0.25, 0.3) is 11.1 Å². The Labute approximate surface area is 133 Å². The van der Waals surface area contributed by atoms with Gasteiger partial charge in [-0.3, -0.25) is 14.5 Å². The smallest absolute Gasteiger partial charge is 0.293 e. The molecule has 22 heavy (non-hydrogen) atoms. The fraction of sp³-hybridized carbons (Fsp3) is 0.250. The molecule has 1 saturated heterocycles. The summed E-state index contributed by atoms with van der Waals surface area (Å²) in [7, 11) is 1.52. The van der Waals surface area contributed by atoms with Crippen LogP contribution in [-0.2, 0) is 4.79 Å². The number of methoxy groups -OCH3 is 1. The van der Waals surface area contributed by atoms with E-state index < -0.39 is 0 Å². The van der Waals surface area contributed by atoms with E-state index in [4.69, 9.17) is 15.9 Å². The van der Waals surface area contributed by atoms with E-state index in [2.05, 4.69) is 5.92 Å². The molecule has 0 radical (unpaired) electrons. The van der Waals surface area contributed by atoms with Crippen LogP contribution in [0.15, 0.2) is 23.1 Å². The summed E-state index contributed by atoms with van der Waals surface area (Å²) in [4.78, 5) is 25.3. The first kappa shape index (κ1) is 16.0. The van der Waals surface area contributed by atoms with Gasteiger partial charge >= 0.3 is 0 Å². The summed E-state index contributed by atoms with van der Waals surface area (Å²) in [6, 6.07) is 5.21. The number of ether oxygens (including phenoxy) is 2. The van der Waals surface area contributed by atoms with E-state index in [1.807, 2.05) is 0 Å². The fourth-order valence-corrected chi connectivity index (χ4v) is 2.84. The SMILES string of the molecule is C#CCOc1ccc(/C=C2\SC(=O)N(CC)C2=O)cc1OC. The van der Waals surface area contributed by atoms with Gasteiger partial charge in [-0.15, -0.1) is 6.42 Å². The monoisotopic (exact) mass is 317 g/mol. The lowest BCUT2D eigenvalue weighted by Crippen LogP contribution is -2.27. The van der Waals surface area contributed by atoms with Crippen LogP contribution in [0.3, 0.4) is 0 Å². The maximum atomic E-state index is 12.1. The van der Waals surface area contributed by atoms with Crippen molar-refractivity contribution >= 4 is 29.0 Å². The van der Waals surface area contributed by atoms with Gasteiger partial charge in [0.2, 0.25) is 0 Å². The van der Waals surface area contributed by atoms with E-state index in [0.29, 0.717) is 22.9 Å². The van der Waals surface area contributed by atoms with Crippen molar-refractivity contribution in [2.45, 2.75) is 6.92 Å². The molecule has 0 N–H and O–H groups in total. The van der Waals surface area contributed by atoms with E-state index in [-0.39, 0.29) is 17.8 Å². The first-order valence-corrected chi connectivity index (χ1v) is 7.42. The molecule has 0 aromatic heterocycles. The predicted octanol–water partition coefficient (Wildman–Crippen LogP) is 2.76. The van der Waals surface area contributed by atoms with Crippen LogP contribution in [0.1, 0.15) is 12.5 Å². The van der Waals surface area contributed by atoms with Crippen LogP contribution in [-0.4, -0.2) is 36.3 Å². The summed E-state index contributed by atoms with van der Waals surface area (Å²) in [5.74, 6) is 3.15. The van der Waals surface area contributed by atoms with Gasteiger partial charge in [-0.2, -0.15) is 0 Å². The zero-order chi connectivity index (χ0) is 16.1. The third-order valence-electron chi connectivity index (χ3n) is 2.99. The number of amides is 2. The molecule has 1 aliphatic rings. The number of terminal acetylenes is 1. The normalized spacial score (nSPS) is 16.0. The number of carbonyl (C=O) groups excluding carboxylic acids is 2. The molecule has 0 unspecified atom stereocenters. The highest BCUT2D eigenvalue weighted by molar-refractivity contribution is 8.18. The average molecular weight is 317 g/mol. The number of carbonyl (C=O) groups is 2. The molecule has 0 spiro atoms. The number of likely N-dealkylation sites (N-methyl/N-ethyl adjacent to an activating group) is 1. The van der Waals surface area contributed by atoms with Gasteiger partial charge in [-0.05, 0) is 42.5 Å². The molecule has 1 heterocycles. The quantitative estimate of drug-likeness (QED) is 0.617. The summed E-state index contributed by atoms with van der Waals surface area (Å²) >= 11 is 0.933. The summed E-state index contributed by atoms with van der Waals surface area (Å²) in [6.45, 7) is 2.27. The number of imide groups is 1. The Bertz CT molecular complexity index is 675. The zero-order valence-corrected chi connectivity index (χ0v) is 13.1. The van der Waals surface area contributed by atoms with E-state index in [1.54, 1.807) is 31.2 Å². The third-order valence-corrected chi connectivity index (χ3v) is 3.89. The molecule has 0 atom stereocenters. The highest BCUT2D eigenvalue weighted by Crippen LogP contribution is 2.34. The zero-order valence-electron chi connectivity index (χ0n) is 12.3. The molecule has 0 saturated carbocycles. The maximum Gasteiger partial charge on any atom is 0.293 e. The number of hydrogen-bond acceptors (Lipinski definition) is 5. The number of nitrogens with zero attached hydrogens (tertiary/aromatic N) is 1. The number of thioether (sulfide) groups is 1. The summed E-state index contributed by atoms with van der Waals surface area (Å²) < 4.78 is 10.6. The second kappa shape index (κ2) is 7.05. The van der Waals surface area contributed by atoms with E-state index in [1.165, 1.54) is 12.0 Å². The summed E-state index contributed by atoms with van der Waals surface area (Å²) in [6.07, 6.45) is 6.82. The minimum Gasteiger partial charge on any atom is -0.493 e. The molecule has 0 aliphatic carbocycles. The van der Waals surface area contributed by atoms with Gasteiger partial charge < -0.3 is 9.47 Å². The molecule has 2 amide bonds. The lowest BCUT2D eigenvalue weighted by Gasteiger charge is -2.09. The van der Waals surface area contributed by atoms with Gasteiger partial charge in [-0.1, -0.05) is 12.0 Å². The average Bonchev–Trinajstić information content (AvgIpc) is 2.79. The molecular formula is C16H15NO4S. The van der Waals surface area contributed by atoms with Crippen molar-refractivity contribution in [2.24, 2.45) is 0 Å². The highest BCUT2D eigenvalue weighted by atomic mass is 32.2. The van der Waals surface area contributed by atoms with Crippen LogP contribution in [0.5, 0.6) is 11.5 Å². The van der Waals surface area contributed by atoms with Crippen LogP contribution in [0.25, 0.3) is 6.08 Å². The lowest BCUT2D eigenvalue weighted by molar-refractivity contribution is -0.122.